The van der Waals surface area contributed by atoms with Crippen LogP contribution in [0.15, 0.2) is 60.7 Å². The van der Waals surface area contributed by atoms with E-state index in [9.17, 15) is 9.90 Å². The van der Waals surface area contributed by atoms with Gasteiger partial charge < -0.3 is 5.11 Å². The lowest BCUT2D eigenvalue weighted by Crippen LogP contribution is -2.05. The van der Waals surface area contributed by atoms with Crippen molar-refractivity contribution in [3.05, 3.63) is 71.8 Å². The molecular weight excluding hydrogens is 274 g/mol. The zero-order chi connectivity index (χ0) is 15.5. The molecule has 0 spiro atoms. The largest absolute Gasteiger partial charge is 0.478 e. The highest BCUT2D eigenvalue weighted by atomic mass is 16.4. The summed E-state index contributed by atoms with van der Waals surface area (Å²) >= 11 is 0. The van der Waals surface area contributed by atoms with Crippen molar-refractivity contribution in [2.24, 2.45) is 0 Å². The molecule has 0 unspecified atom stereocenters. The standard InChI is InChI=1S/C19H13NO2/c20-11-10-16-17(13-6-2-1-3-7-13)12-14-8-4-5-9-15(14)18(16)19(21)22/h1-9,12H,10H2,(H,21,22). The van der Waals surface area contributed by atoms with Gasteiger partial charge in [0.25, 0.3) is 0 Å². The molecule has 0 aromatic heterocycles. The smallest absolute Gasteiger partial charge is 0.336 e. The minimum atomic E-state index is -1.00. The fourth-order valence-electron chi connectivity index (χ4n) is 2.77. The van der Waals surface area contributed by atoms with Crippen LogP contribution >= 0.6 is 0 Å². The predicted octanol–water partition coefficient (Wildman–Crippen LogP) is 4.27. The first-order valence-corrected chi connectivity index (χ1v) is 6.92. The molecule has 3 rings (SSSR count). The first kappa shape index (κ1) is 13.8. The van der Waals surface area contributed by atoms with Crippen LogP contribution in [-0.4, -0.2) is 11.1 Å². The maximum Gasteiger partial charge on any atom is 0.336 e. The second-order valence-corrected chi connectivity index (χ2v) is 5.00. The van der Waals surface area contributed by atoms with Gasteiger partial charge in [-0.1, -0.05) is 54.6 Å². The fourth-order valence-corrected chi connectivity index (χ4v) is 2.77. The maximum absolute atomic E-state index is 11.8. The number of carboxylic acids is 1. The molecule has 106 valence electrons. The van der Waals surface area contributed by atoms with Crippen LogP contribution in [0.25, 0.3) is 21.9 Å². The van der Waals surface area contributed by atoms with Gasteiger partial charge in [0, 0.05) is 0 Å². The summed E-state index contributed by atoms with van der Waals surface area (Å²) in [6.45, 7) is 0. The molecule has 0 heterocycles. The molecule has 0 bridgehead atoms. The molecule has 0 atom stereocenters. The number of aromatic carboxylic acids is 1. The van der Waals surface area contributed by atoms with Crippen LogP contribution in [0.2, 0.25) is 0 Å². The molecule has 22 heavy (non-hydrogen) atoms. The number of hydrogen-bond acceptors (Lipinski definition) is 2. The zero-order valence-electron chi connectivity index (χ0n) is 11.8. The maximum atomic E-state index is 11.8. The van der Waals surface area contributed by atoms with Gasteiger partial charge in [0.15, 0.2) is 0 Å². The van der Waals surface area contributed by atoms with Crippen molar-refractivity contribution in [3.63, 3.8) is 0 Å². The minimum Gasteiger partial charge on any atom is -0.478 e. The Morgan fingerprint density at radius 3 is 2.41 bits per heavy atom. The number of benzene rings is 3. The van der Waals surface area contributed by atoms with Crippen molar-refractivity contribution in [2.45, 2.75) is 6.42 Å². The summed E-state index contributed by atoms with van der Waals surface area (Å²) in [4.78, 5) is 11.8. The molecule has 0 saturated heterocycles. The molecule has 0 aliphatic rings. The Bertz CT molecular complexity index is 892. The number of nitrogens with zero attached hydrogens (tertiary/aromatic N) is 1. The summed E-state index contributed by atoms with van der Waals surface area (Å²) in [6, 6.07) is 21.0. The summed E-state index contributed by atoms with van der Waals surface area (Å²) in [7, 11) is 0. The first-order chi connectivity index (χ1) is 10.7. The topological polar surface area (TPSA) is 61.1 Å². The zero-order valence-corrected chi connectivity index (χ0v) is 11.8. The number of fused-ring (bicyclic) bond motifs is 1. The van der Waals surface area contributed by atoms with Crippen LogP contribution in [0.5, 0.6) is 0 Å². The Morgan fingerprint density at radius 1 is 1.05 bits per heavy atom. The molecule has 3 nitrogen and oxygen atoms in total. The van der Waals surface area contributed by atoms with Gasteiger partial charge in [0.2, 0.25) is 0 Å². The number of nitriles is 1. The highest BCUT2D eigenvalue weighted by Crippen LogP contribution is 2.33. The van der Waals surface area contributed by atoms with Gasteiger partial charge in [-0.05, 0) is 33.5 Å². The highest BCUT2D eigenvalue weighted by Gasteiger charge is 2.19. The van der Waals surface area contributed by atoms with Gasteiger partial charge in [-0.25, -0.2) is 4.79 Å². The fraction of sp³-hybridized carbons (Fsp3) is 0.0526. The van der Waals surface area contributed by atoms with E-state index in [1.165, 1.54) is 0 Å². The molecule has 0 saturated carbocycles. The molecule has 3 heteroatoms. The van der Waals surface area contributed by atoms with E-state index in [0.717, 1.165) is 16.5 Å². The predicted molar refractivity (Wildman–Crippen MR) is 85.7 cm³/mol. The van der Waals surface area contributed by atoms with Gasteiger partial charge in [0.1, 0.15) is 0 Å². The van der Waals surface area contributed by atoms with E-state index in [1.807, 2.05) is 54.6 Å². The molecule has 0 radical (unpaired) electrons. The third kappa shape index (κ3) is 2.32. The normalized spacial score (nSPS) is 10.3. The first-order valence-electron chi connectivity index (χ1n) is 6.92. The Balaban J connectivity index is 2.44. The molecule has 3 aromatic carbocycles. The van der Waals surface area contributed by atoms with Crippen molar-refractivity contribution >= 4 is 16.7 Å². The van der Waals surface area contributed by atoms with Gasteiger partial charge in [-0.15, -0.1) is 0 Å². The molecule has 3 aromatic rings. The number of carbonyl (C=O) groups is 1. The summed E-state index contributed by atoms with van der Waals surface area (Å²) < 4.78 is 0. The summed E-state index contributed by atoms with van der Waals surface area (Å²) in [5.41, 5.74) is 2.51. The van der Waals surface area contributed by atoms with E-state index < -0.39 is 5.97 Å². The second kappa shape index (κ2) is 5.71. The second-order valence-electron chi connectivity index (χ2n) is 5.00. The SMILES string of the molecule is N#CCc1c(-c2ccccc2)cc2ccccc2c1C(=O)O. The van der Waals surface area contributed by atoms with E-state index >= 15 is 0 Å². The monoisotopic (exact) mass is 287 g/mol. The van der Waals surface area contributed by atoms with Crippen LogP contribution in [0.3, 0.4) is 0 Å². The number of carboxylic acid groups (broad SMARTS) is 1. The summed E-state index contributed by atoms with van der Waals surface area (Å²) in [5, 5.41) is 20.3. The van der Waals surface area contributed by atoms with Crippen LogP contribution < -0.4 is 0 Å². The van der Waals surface area contributed by atoms with Crippen LogP contribution in [0, 0.1) is 11.3 Å². The molecule has 1 N–H and O–H groups in total. The number of rotatable bonds is 3. The average molecular weight is 287 g/mol. The lowest BCUT2D eigenvalue weighted by molar-refractivity contribution is 0.0698. The molecule has 0 amide bonds. The van der Waals surface area contributed by atoms with Crippen LogP contribution in [0.4, 0.5) is 0 Å². The molecule has 0 aliphatic carbocycles. The Morgan fingerprint density at radius 2 is 1.73 bits per heavy atom. The molecule has 0 aliphatic heterocycles. The third-order valence-electron chi connectivity index (χ3n) is 3.71. The Kier molecular flexibility index (Phi) is 3.59. The number of hydrogen-bond donors (Lipinski definition) is 1. The summed E-state index contributed by atoms with van der Waals surface area (Å²) in [6.07, 6.45) is 0.0662. The van der Waals surface area contributed by atoms with Crippen molar-refractivity contribution in [2.75, 3.05) is 0 Å². The molecule has 0 fully saturated rings. The summed E-state index contributed by atoms with van der Waals surface area (Å²) in [5.74, 6) is -1.00. The third-order valence-corrected chi connectivity index (χ3v) is 3.71. The lowest BCUT2D eigenvalue weighted by atomic mass is 9.89. The Hall–Kier alpha value is -3.12. The van der Waals surface area contributed by atoms with Crippen molar-refractivity contribution in [1.29, 1.82) is 5.26 Å². The van der Waals surface area contributed by atoms with Crippen LogP contribution in [-0.2, 0) is 6.42 Å². The van der Waals surface area contributed by atoms with Crippen molar-refractivity contribution in [1.82, 2.24) is 0 Å². The van der Waals surface area contributed by atoms with Gasteiger partial charge in [-0.3, -0.25) is 0 Å². The van der Waals surface area contributed by atoms with Crippen molar-refractivity contribution < 1.29 is 9.90 Å². The average Bonchev–Trinajstić information content (AvgIpc) is 2.55. The van der Waals surface area contributed by atoms with Gasteiger partial charge in [-0.2, -0.15) is 5.26 Å². The van der Waals surface area contributed by atoms with E-state index in [2.05, 4.69) is 6.07 Å². The Labute approximate surface area is 128 Å². The lowest BCUT2D eigenvalue weighted by Gasteiger charge is -2.14. The van der Waals surface area contributed by atoms with Crippen molar-refractivity contribution in [3.8, 4) is 17.2 Å². The van der Waals surface area contributed by atoms with E-state index in [0.29, 0.717) is 10.9 Å². The van der Waals surface area contributed by atoms with E-state index in [4.69, 9.17) is 5.26 Å². The van der Waals surface area contributed by atoms with E-state index in [1.54, 1.807) is 6.07 Å². The minimum absolute atomic E-state index is 0.0662. The van der Waals surface area contributed by atoms with Crippen LogP contribution in [0.1, 0.15) is 15.9 Å². The quantitative estimate of drug-likeness (QED) is 0.782. The van der Waals surface area contributed by atoms with E-state index in [-0.39, 0.29) is 12.0 Å². The van der Waals surface area contributed by atoms with Gasteiger partial charge in [0.05, 0.1) is 18.1 Å². The molecular formula is C19H13NO2. The highest BCUT2D eigenvalue weighted by molar-refractivity contribution is 6.07. The van der Waals surface area contributed by atoms with Gasteiger partial charge >= 0.3 is 5.97 Å².